The summed E-state index contributed by atoms with van der Waals surface area (Å²) in [5, 5.41) is 15.1. The van der Waals surface area contributed by atoms with Crippen molar-refractivity contribution in [3.05, 3.63) is 58.1 Å². The largest absolute Gasteiger partial charge is 0.396 e. The third kappa shape index (κ3) is 4.93. The minimum atomic E-state index is -0.386. The molecular formula is C15H14Cl2N2O2. The maximum absolute atomic E-state index is 11.9. The van der Waals surface area contributed by atoms with Gasteiger partial charge in [-0.2, -0.15) is 0 Å². The zero-order valence-corrected chi connectivity index (χ0v) is 12.6. The second kappa shape index (κ2) is 7.31. The topological polar surface area (TPSA) is 61.4 Å². The van der Waals surface area contributed by atoms with Gasteiger partial charge in [-0.05, 0) is 42.3 Å². The number of urea groups is 1. The minimum absolute atomic E-state index is 0.1000. The van der Waals surface area contributed by atoms with Crippen molar-refractivity contribution in [1.29, 1.82) is 0 Å². The van der Waals surface area contributed by atoms with Gasteiger partial charge in [0, 0.05) is 28.0 Å². The van der Waals surface area contributed by atoms with E-state index in [9.17, 15) is 4.79 Å². The molecule has 0 aliphatic rings. The smallest absolute Gasteiger partial charge is 0.323 e. The van der Waals surface area contributed by atoms with Crippen LogP contribution in [0.5, 0.6) is 0 Å². The van der Waals surface area contributed by atoms with E-state index in [0.29, 0.717) is 27.8 Å². The molecule has 3 N–H and O–H groups in total. The Balaban J connectivity index is 1.97. The molecule has 0 fully saturated rings. The highest BCUT2D eigenvalue weighted by molar-refractivity contribution is 6.35. The molecule has 110 valence electrons. The van der Waals surface area contributed by atoms with Gasteiger partial charge in [0.25, 0.3) is 0 Å². The first-order chi connectivity index (χ1) is 10.1. The van der Waals surface area contributed by atoms with Crippen LogP contribution in [-0.4, -0.2) is 17.7 Å². The Hall–Kier alpha value is -1.75. The van der Waals surface area contributed by atoms with Crippen molar-refractivity contribution in [3.8, 4) is 0 Å². The summed E-state index contributed by atoms with van der Waals surface area (Å²) >= 11 is 11.7. The zero-order valence-electron chi connectivity index (χ0n) is 11.1. The number of carbonyl (C=O) groups is 1. The van der Waals surface area contributed by atoms with Crippen LogP contribution in [-0.2, 0) is 6.42 Å². The predicted octanol–water partition coefficient (Wildman–Crippen LogP) is 4.17. The van der Waals surface area contributed by atoms with E-state index in [1.165, 1.54) is 0 Å². The molecule has 2 aromatic carbocycles. The number of rotatable bonds is 4. The molecule has 0 atom stereocenters. The molecule has 0 aromatic heterocycles. The second-order valence-electron chi connectivity index (χ2n) is 4.41. The fraction of sp³-hybridized carbons (Fsp3) is 0.133. The van der Waals surface area contributed by atoms with Gasteiger partial charge in [0.1, 0.15) is 0 Å². The molecule has 2 rings (SSSR count). The number of amides is 2. The molecule has 0 spiro atoms. The molecule has 21 heavy (non-hydrogen) atoms. The molecule has 0 radical (unpaired) electrons. The summed E-state index contributed by atoms with van der Waals surface area (Å²) in [4.78, 5) is 11.9. The van der Waals surface area contributed by atoms with Crippen LogP contribution in [0.15, 0.2) is 42.5 Å². The number of nitrogens with one attached hydrogen (secondary N) is 2. The highest BCUT2D eigenvalue weighted by Gasteiger charge is 2.04. The molecule has 2 amide bonds. The number of halogens is 2. The number of hydrogen-bond acceptors (Lipinski definition) is 2. The van der Waals surface area contributed by atoms with E-state index in [0.717, 1.165) is 5.56 Å². The van der Waals surface area contributed by atoms with E-state index in [1.54, 1.807) is 30.3 Å². The van der Waals surface area contributed by atoms with Gasteiger partial charge < -0.3 is 15.7 Å². The lowest BCUT2D eigenvalue weighted by Gasteiger charge is -2.09. The molecule has 0 unspecified atom stereocenters. The van der Waals surface area contributed by atoms with Gasteiger partial charge in [-0.3, -0.25) is 0 Å². The van der Waals surface area contributed by atoms with Gasteiger partial charge >= 0.3 is 6.03 Å². The van der Waals surface area contributed by atoms with E-state index in [1.807, 2.05) is 12.1 Å². The SMILES string of the molecule is O=C(Nc1ccc(CCO)cc1)Nc1cc(Cl)cc(Cl)c1. The van der Waals surface area contributed by atoms with Gasteiger partial charge in [-0.15, -0.1) is 0 Å². The molecule has 0 saturated carbocycles. The number of anilines is 2. The van der Waals surface area contributed by atoms with Crippen LogP contribution in [0.3, 0.4) is 0 Å². The highest BCUT2D eigenvalue weighted by atomic mass is 35.5. The van der Waals surface area contributed by atoms with E-state index in [-0.39, 0.29) is 12.6 Å². The van der Waals surface area contributed by atoms with Crippen molar-refractivity contribution in [3.63, 3.8) is 0 Å². The average molecular weight is 325 g/mol. The molecule has 0 aliphatic carbocycles. The lowest BCUT2D eigenvalue weighted by atomic mass is 10.1. The quantitative estimate of drug-likeness (QED) is 0.790. The summed E-state index contributed by atoms with van der Waals surface area (Å²) in [6, 6.07) is 11.7. The van der Waals surface area contributed by atoms with Crippen LogP contribution in [0.25, 0.3) is 0 Å². The average Bonchev–Trinajstić information content (AvgIpc) is 2.40. The third-order valence-electron chi connectivity index (χ3n) is 2.73. The van der Waals surface area contributed by atoms with Crippen molar-refractivity contribution in [2.24, 2.45) is 0 Å². The Morgan fingerprint density at radius 2 is 1.52 bits per heavy atom. The van der Waals surface area contributed by atoms with Crippen molar-refractivity contribution >= 4 is 40.6 Å². The monoisotopic (exact) mass is 324 g/mol. The number of aliphatic hydroxyl groups is 1. The summed E-state index contributed by atoms with van der Waals surface area (Å²) in [5.41, 5.74) is 2.18. The summed E-state index contributed by atoms with van der Waals surface area (Å²) in [6.45, 7) is 0.1000. The molecule has 0 aliphatic heterocycles. The predicted molar refractivity (Wildman–Crippen MR) is 86.3 cm³/mol. The van der Waals surface area contributed by atoms with Crippen LogP contribution in [0, 0.1) is 0 Å². The van der Waals surface area contributed by atoms with E-state index < -0.39 is 0 Å². The van der Waals surface area contributed by atoms with Crippen molar-refractivity contribution < 1.29 is 9.90 Å². The maximum Gasteiger partial charge on any atom is 0.323 e. The Labute approximate surface area is 132 Å². The van der Waals surface area contributed by atoms with Crippen LogP contribution in [0.2, 0.25) is 10.0 Å². The van der Waals surface area contributed by atoms with Crippen molar-refractivity contribution in [1.82, 2.24) is 0 Å². The molecule has 6 heteroatoms. The van der Waals surface area contributed by atoms with E-state index in [4.69, 9.17) is 28.3 Å². The summed E-state index contributed by atoms with van der Waals surface area (Å²) in [7, 11) is 0. The molecule has 0 heterocycles. The van der Waals surface area contributed by atoms with Crippen molar-refractivity contribution in [2.45, 2.75) is 6.42 Å². The van der Waals surface area contributed by atoms with Gasteiger partial charge in [0.2, 0.25) is 0 Å². The van der Waals surface area contributed by atoms with E-state index >= 15 is 0 Å². The Morgan fingerprint density at radius 1 is 0.952 bits per heavy atom. The number of carbonyl (C=O) groups excluding carboxylic acids is 1. The summed E-state index contributed by atoms with van der Waals surface area (Å²) < 4.78 is 0. The van der Waals surface area contributed by atoms with Crippen LogP contribution < -0.4 is 10.6 Å². The van der Waals surface area contributed by atoms with Crippen LogP contribution in [0.4, 0.5) is 16.2 Å². The Kier molecular flexibility index (Phi) is 5.44. The van der Waals surface area contributed by atoms with Crippen LogP contribution in [0.1, 0.15) is 5.56 Å². The van der Waals surface area contributed by atoms with E-state index in [2.05, 4.69) is 10.6 Å². The second-order valence-corrected chi connectivity index (χ2v) is 5.28. The van der Waals surface area contributed by atoms with Crippen molar-refractivity contribution in [2.75, 3.05) is 17.2 Å². The summed E-state index contributed by atoms with van der Waals surface area (Å²) in [5.74, 6) is 0. The fourth-order valence-electron chi connectivity index (χ4n) is 1.80. The molecule has 2 aromatic rings. The maximum atomic E-state index is 11.9. The van der Waals surface area contributed by atoms with Gasteiger partial charge in [0.15, 0.2) is 0 Å². The number of hydrogen-bond donors (Lipinski definition) is 3. The molecule has 0 bridgehead atoms. The van der Waals surface area contributed by atoms with Gasteiger partial charge in [-0.1, -0.05) is 35.3 Å². The summed E-state index contributed by atoms with van der Waals surface area (Å²) in [6.07, 6.45) is 0.591. The zero-order chi connectivity index (χ0) is 15.2. The molecule has 4 nitrogen and oxygen atoms in total. The third-order valence-corrected chi connectivity index (χ3v) is 3.17. The minimum Gasteiger partial charge on any atom is -0.396 e. The number of aliphatic hydroxyl groups excluding tert-OH is 1. The molecule has 0 saturated heterocycles. The lowest BCUT2D eigenvalue weighted by molar-refractivity contribution is 0.262. The first-order valence-corrected chi connectivity index (χ1v) is 7.06. The molecular weight excluding hydrogens is 311 g/mol. The standard InChI is InChI=1S/C15H14Cl2N2O2/c16-11-7-12(17)9-14(8-11)19-15(21)18-13-3-1-10(2-4-13)5-6-20/h1-4,7-9,20H,5-6H2,(H2,18,19,21). The normalized spacial score (nSPS) is 10.2. The Morgan fingerprint density at radius 3 is 2.10 bits per heavy atom. The van der Waals surface area contributed by atoms with Crippen LogP contribution >= 0.6 is 23.2 Å². The Bertz CT molecular complexity index is 610. The first kappa shape index (κ1) is 15.6. The number of benzene rings is 2. The van der Waals surface area contributed by atoms with Gasteiger partial charge in [-0.25, -0.2) is 4.79 Å². The lowest BCUT2D eigenvalue weighted by Crippen LogP contribution is -2.19. The fourth-order valence-corrected chi connectivity index (χ4v) is 2.33. The van der Waals surface area contributed by atoms with Gasteiger partial charge in [0.05, 0.1) is 0 Å². The first-order valence-electron chi connectivity index (χ1n) is 6.31. The highest BCUT2D eigenvalue weighted by Crippen LogP contribution is 2.22.